The Morgan fingerprint density at radius 3 is 2.05 bits per heavy atom. The van der Waals surface area contributed by atoms with Gasteiger partial charge in [0.25, 0.3) is 0 Å². The number of hydrogen-bond donors (Lipinski definition) is 0. The molecule has 0 amide bonds. The Morgan fingerprint density at radius 2 is 1.24 bits per heavy atom. The van der Waals surface area contributed by atoms with E-state index in [0.29, 0.717) is 5.92 Å². The van der Waals surface area contributed by atoms with Crippen LogP contribution in [0.2, 0.25) is 0 Å². The predicted molar refractivity (Wildman–Crippen MR) is 171 cm³/mol. The lowest BCUT2D eigenvalue weighted by Gasteiger charge is -2.19. The highest BCUT2D eigenvalue weighted by atomic mass is 16.3. The van der Waals surface area contributed by atoms with Crippen LogP contribution < -0.4 is 0 Å². The second kappa shape index (κ2) is 9.38. The van der Waals surface area contributed by atoms with Gasteiger partial charge in [-0.05, 0) is 71.7 Å². The molecule has 0 aliphatic carbocycles. The first kappa shape index (κ1) is 24.0. The largest absolute Gasteiger partial charge is 0.456 e. The zero-order chi connectivity index (χ0) is 27.5. The molecule has 0 saturated heterocycles. The van der Waals surface area contributed by atoms with Crippen LogP contribution in [0.15, 0.2) is 124 Å². The van der Waals surface area contributed by atoms with Crippen LogP contribution in [0.4, 0.5) is 0 Å². The summed E-state index contributed by atoms with van der Waals surface area (Å²) in [5, 5.41) is 4.75. The molecular weight excluding hydrogens is 500 g/mol. The van der Waals surface area contributed by atoms with Crippen LogP contribution in [0.5, 0.6) is 0 Å². The minimum Gasteiger partial charge on any atom is -0.456 e. The average molecular weight is 531 g/mol. The van der Waals surface area contributed by atoms with Crippen molar-refractivity contribution >= 4 is 43.9 Å². The summed E-state index contributed by atoms with van der Waals surface area (Å²) in [5.74, 6) is 0.427. The summed E-state index contributed by atoms with van der Waals surface area (Å²) in [7, 11) is 0. The molecule has 0 spiro atoms. The first-order chi connectivity index (χ1) is 20.2. The van der Waals surface area contributed by atoms with E-state index in [1.165, 1.54) is 49.7 Å². The third-order valence-electron chi connectivity index (χ3n) is 8.90. The van der Waals surface area contributed by atoms with Gasteiger partial charge in [-0.1, -0.05) is 104 Å². The Balaban J connectivity index is 1.12. The number of para-hydroxylation sites is 1. The summed E-state index contributed by atoms with van der Waals surface area (Å²) < 4.78 is 12.4. The second-order valence-electron chi connectivity index (χ2n) is 11.2. The molecule has 2 nitrogen and oxygen atoms in total. The summed E-state index contributed by atoms with van der Waals surface area (Å²) in [6.07, 6.45) is 2.06. The molecule has 0 radical (unpaired) electrons. The van der Waals surface area contributed by atoms with Crippen molar-refractivity contribution in [1.82, 2.24) is 0 Å². The molecule has 1 atom stereocenters. The van der Waals surface area contributed by atoms with Gasteiger partial charge < -0.3 is 8.83 Å². The first-order valence-corrected chi connectivity index (χ1v) is 14.5. The molecule has 8 aromatic rings. The van der Waals surface area contributed by atoms with E-state index < -0.39 is 0 Å². The second-order valence-corrected chi connectivity index (χ2v) is 11.2. The fraction of sp³-hybridized carbons (Fsp3) is 0.128. The summed E-state index contributed by atoms with van der Waals surface area (Å²) in [6, 6.07) is 41.3. The molecule has 198 valence electrons. The number of rotatable bonds is 6. The lowest BCUT2D eigenvalue weighted by molar-refractivity contribution is 0.661. The molecule has 0 N–H and O–H groups in total. The normalized spacial score (nSPS) is 12.7. The Hall–Kier alpha value is -4.82. The zero-order valence-corrected chi connectivity index (χ0v) is 23.3. The average Bonchev–Trinajstić information content (AvgIpc) is 3.70. The van der Waals surface area contributed by atoms with Crippen molar-refractivity contribution in [2.75, 3.05) is 0 Å². The molecule has 0 saturated carbocycles. The summed E-state index contributed by atoms with van der Waals surface area (Å²) >= 11 is 0. The van der Waals surface area contributed by atoms with E-state index in [4.69, 9.17) is 8.83 Å². The first-order valence-electron chi connectivity index (χ1n) is 14.5. The fourth-order valence-electron chi connectivity index (χ4n) is 6.72. The van der Waals surface area contributed by atoms with Gasteiger partial charge in [-0.25, -0.2) is 0 Å². The lowest BCUT2D eigenvalue weighted by Crippen LogP contribution is -2.03. The number of benzene rings is 6. The van der Waals surface area contributed by atoms with Gasteiger partial charge in [-0.3, -0.25) is 0 Å². The highest BCUT2D eigenvalue weighted by Crippen LogP contribution is 2.45. The quantitative estimate of drug-likeness (QED) is 0.214. The minimum atomic E-state index is 0.427. The molecule has 0 aliphatic rings. The van der Waals surface area contributed by atoms with E-state index in [1.54, 1.807) is 0 Å². The van der Waals surface area contributed by atoms with Crippen LogP contribution >= 0.6 is 0 Å². The summed E-state index contributed by atoms with van der Waals surface area (Å²) in [6.45, 7) is 4.50. The highest BCUT2D eigenvalue weighted by Gasteiger charge is 2.23. The Labute approximate surface area is 239 Å². The van der Waals surface area contributed by atoms with Gasteiger partial charge in [-0.2, -0.15) is 0 Å². The van der Waals surface area contributed by atoms with Crippen molar-refractivity contribution in [2.24, 2.45) is 0 Å². The van der Waals surface area contributed by atoms with E-state index in [9.17, 15) is 0 Å². The van der Waals surface area contributed by atoms with Crippen molar-refractivity contribution in [3.63, 3.8) is 0 Å². The van der Waals surface area contributed by atoms with Crippen LogP contribution in [-0.4, -0.2) is 0 Å². The molecule has 3 heterocycles. The minimum absolute atomic E-state index is 0.427. The van der Waals surface area contributed by atoms with Crippen molar-refractivity contribution in [3.8, 4) is 22.3 Å². The van der Waals surface area contributed by atoms with Gasteiger partial charge >= 0.3 is 0 Å². The summed E-state index contributed by atoms with van der Waals surface area (Å²) in [5.41, 5.74) is 12.9. The third kappa shape index (κ3) is 3.78. The Kier molecular flexibility index (Phi) is 5.50. The van der Waals surface area contributed by atoms with Gasteiger partial charge in [0.05, 0.1) is 0 Å². The van der Waals surface area contributed by atoms with Crippen molar-refractivity contribution in [1.29, 1.82) is 0 Å². The van der Waals surface area contributed by atoms with Crippen LogP contribution in [0, 0.1) is 6.92 Å². The number of fused-ring (bicyclic) bond motifs is 8. The molecule has 0 aliphatic heterocycles. The molecular formula is C39H30O2. The van der Waals surface area contributed by atoms with Gasteiger partial charge in [-0.15, -0.1) is 0 Å². The maximum Gasteiger partial charge on any atom is 0.143 e. The van der Waals surface area contributed by atoms with Gasteiger partial charge in [0.1, 0.15) is 22.3 Å². The van der Waals surface area contributed by atoms with E-state index in [-0.39, 0.29) is 0 Å². The topological polar surface area (TPSA) is 26.3 Å². The van der Waals surface area contributed by atoms with Crippen LogP contribution in [0.25, 0.3) is 66.1 Å². The number of furan rings is 3. The maximum absolute atomic E-state index is 6.35. The standard InChI is InChI=1S/C39H30O2/c1-3-25(22-29-10-4-5-11-30(29)37-24(2)38-32-13-6-7-14-33(32)39(37)41-38)26-16-18-27(19-17-26)28-20-21-36-34(23-28)31-12-8-9-15-35(31)40-36/h4-21,23,25H,3,22H2,1-2H3. The molecule has 3 aromatic heterocycles. The van der Waals surface area contributed by atoms with E-state index in [1.807, 2.05) is 12.1 Å². The van der Waals surface area contributed by atoms with Crippen molar-refractivity contribution in [2.45, 2.75) is 32.6 Å². The maximum atomic E-state index is 6.35. The molecule has 2 bridgehead atoms. The van der Waals surface area contributed by atoms with Crippen LogP contribution in [-0.2, 0) is 6.42 Å². The highest BCUT2D eigenvalue weighted by molar-refractivity contribution is 6.15. The van der Waals surface area contributed by atoms with Gasteiger partial charge in [0, 0.05) is 32.7 Å². The van der Waals surface area contributed by atoms with Crippen LogP contribution in [0.3, 0.4) is 0 Å². The Bertz CT molecular complexity index is 2170. The monoisotopic (exact) mass is 530 g/mol. The molecule has 0 fully saturated rings. The molecule has 2 heteroatoms. The van der Waals surface area contributed by atoms with Crippen molar-refractivity contribution < 1.29 is 8.83 Å². The molecule has 8 rings (SSSR count). The summed E-state index contributed by atoms with van der Waals surface area (Å²) in [4.78, 5) is 0. The van der Waals surface area contributed by atoms with Gasteiger partial charge in [0.15, 0.2) is 0 Å². The van der Waals surface area contributed by atoms with Gasteiger partial charge in [0.2, 0.25) is 0 Å². The lowest BCUT2D eigenvalue weighted by atomic mass is 9.85. The number of hydrogen-bond acceptors (Lipinski definition) is 2. The smallest absolute Gasteiger partial charge is 0.143 e. The fourth-order valence-corrected chi connectivity index (χ4v) is 6.72. The SMILES string of the molecule is CCC(Cc1ccccc1-c1c(C)c2oc1c1ccccc21)c1ccc(-c2ccc3oc4ccccc4c3c2)cc1. The van der Waals surface area contributed by atoms with E-state index in [2.05, 4.69) is 117 Å². The molecule has 5 aromatic carbocycles. The number of aryl methyl sites for hydroxylation is 1. The van der Waals surface area contributed by atoms with E-state index >= 15 is 0 Å². The van der Waals surface area contributed by atoms with E-state index in [0.717, 1.165) is 45.9 Å². The predicted octanol–water partition coefficient (Wildman–Crippen LogP) is 11.3. The Morgan fingerprint density at radius 1 is 0.585 bits per heavy atom. The molecule has 41 heavy (non-hydrogen) atoms. The molecule has 1 unspecified atom stereocenters. The van der Waals surface area contributed by atoms with Crippen molar-refractivity contribution in [3.05, 3.63) is 132 Å². The zero-order valence-electron chi connectivity index (χ0n) is 23.3. The van der Waals surface area contributed by atoms with Crippen LogP contribution in [0.1, 0.15) is 36.0 Å². The third-order valence-corrected chi connectivity index (χ3v) is 8.90.